The van der Waals surface area contributed by atoms with Gasteiger partial charge in [-0.05, 0) is 6.92 Å². The highest BCUT2D eigenvalue weighted by atomic mass is 35.5. The molecule has 2 N–H and O–H groups in total. The van der Waals surface area contributed by atoms with Crippen molar-refractivity contribution >= 4 is 23.2 Å². The van der Waals surface area contributed by atoms with Crippen molar-refractivity contribution in [2.45, 2.75) is 13.0 Å². The molecule has 0 spiro atoms. The quantitative estimate of drug-likeness (QED) is 0.787. The third-order valence-electron chi connectivity index (χ3n) is 2.60. The van der Waals surface area contributed by atoms with Gasteiger partial charge in [-0.3, -0.25) is 4.79 Å². The lowest BCUT2D eigenvalue weighted by Gasteiger charge is -2.18. The number of halogens is 1. The molecule has 0 aliphatic carbocycles. The molecule has 1 unspecified atom stereocenters. The fraction of sp³-hybridized carbons (Fsp3) is 0.357. The largest absolute Gasteiger partial charge is 0.495 e. The highest BCUT2D eigenvalue weighted by molar-refractivity contribution is 6.32. The van der Waals surface area contributed by atoms with E-state index in [9.17, 15) is 4.79 Å². The van der Waals surface area contributed by atoms with Crippen LogP contribution in [0.4, 0.5) is 5.69 Å². The summed E-state index contributed by atoms with van der Waals surface area (Å²) in [6, 6.07) is 2.81. The molecule has 0 aliphatic rings. The normalized spacial score (nSPS) is 11.2. The molecule has 5 nitrogen and oxygen atoms in total. The van der Waals surface area contributed by atoms with Crippen molar-refractivity contribution < 1.29 is 14.3 Å². The molecule has 108 valence electrons. The topological polar surface area (TPSA) is 59.6 Å². The Bertz CT molecular complexity index is 526. The van der Waals surface area contributed by atoms with E-state index in [4.69, 9.17) is 27.5 Å². The summed E-state index contributed by atoms with van der Waals surface area (Å²) in [5, 5.41) is 6.05. The lowest BCUT2D eigenvalue weighted by molar-refractivity contribution is -0.121. The number of benzene rings is 1. The average Bonchev–Trinajstić information content (AvgIpc) is 2.45. The SMILES string of the molecule is C#CCNC(=O)C(C)Nc1cc(OC)c(Cl)cc1OC. The van der Waals surface area contributed by atoms with E-state index in [-0.39, 0.29) is 12.5 Å². The first-order chi connectivity index (χ1) is 9.53. The minimum atomic E-state index is -0.483. The van der Waals surface area contributed by atoms with Gasteiger partial charge in [-0.1, -0.05) is 17.5 Å². The van der Waals surface area contributed by atoms with Crippen LogP contribution in [-0.4, -0.2) is 32.7 Å². The van der Waals surface area contributed by atoms with Crippen LogP contribution in [0.3, 0.4) is 0 Å². The van der Waals surface area contributed by atoms with Crippen molar-refractivity contribution in [1.82, 2.24) is 5.32 Å². The average molecular weight is 297 g/mol. The van der Waals surface area contributed by atoms with Gasteiger partial charge in [0.25, 0.3) is 0 Å². The molecule has 0 saturated carbocycles. The number of rotatable bonds is 6. The number of hydrogen-bond donors (Lipinski definition) is 2. The highest BCUT2D eigenvalue weighted by Crippen LogP contribution is 2.36. The zero-order chi connectivity index (χ0) is 15.1. The molecule has 0 radical (unpaired) electrons. The Labute approximate surface area is 123 Å². The van der Waals surface area contributed by atoms with Crippen molar-refractivity contribution in [3.05, 3.63) is 17.2 Å². The van der Waals surface area contributed by atoms with Gasteiger partial charge in [0.15, 0.2) is 0 Å². The van der Waals surface area contributed by atoms with Gasteiger partial charge in [0, 0.05) is 12.1 Å². The van der Waals surface area contributed by atoms with Crippen LogP contribution in [0.25, 0.3) is 0 Å². The van der Waals surface area contributed by atoms with Gasteiger partial charge < -0.3 is 20.1 Å². The fourth-order valence-electron chi connectivity index (χ4n) is 1.56. The molecule has 1 atom stereocenters. The number of terminal acetylenes is 1. The zero-order valence-corrected chi connectivity index (χ0v) is 12.4. The number of carbonyl (C=O) groups is 1. The first-order valence-corrected chi connectivity index (χ1v) is 6.30. The highest BCUT2D eigenvalue weighted by Gasteiger charge is 2.16. The molecular weight excluding hydrogens is 280 g/mol. The van der Waals surface area contributed by atoms with Crippen LogP contribution in [0.15, 0.2) is 12.1 Å². The van der Waals surface area contributed by atoms with Gasteiger partial charge in [0.05, 0.1) is 31.5 Å². The molecule has 0 heterocycles. The Morgan fingerprint density at radius 2 is 2.05 bits per heavy atom. The van der Waals surface area contributed by atoms with E-state index in [1.165, 1.54) is 14.2 Å². The molecule has 1 amide bonds. The molecule has 6 heteroatoms. The number of anilines is 1. The maximum absolute atomic E-state index is 11.8. The molecule has 0 saturated heterocycles. The third kappa shape index (κ3) is 3.97. The van der Waals surface area contributed by atoms with Gasteiger partial charge >= 0.3 is 0 Å². The van der Waals surface area contributed by atoms with Crippen LogP contribution in [-0.2, 0) is 4.79 Å². The predicted octanol–water partition coefficient (Wildman–Crippen LogP) is 1.91. The van der Waals surface area contributed by atoms with Crippen molar-refractivity contribution in [1.29, 1.82) is 0 Å². The number of ether oxygens (including phenoxy) is 2. The molecule has 1 aromatic carbocycles. The Balaban J connectivity index is 2.90. The molecular formula is C14H17ClN2O3. The summed E-state index contributed by atoms with van der Waals surface area (Å²) >= 11 is 6.01. The van der Waals surface area contributed by atoms with Crippen LogP contribution >= 0.6 is 11.6 Å². The molecule has 1 rings (SSSR count). The number of methoxy groups -OCH3 is 2. The van der Waals surface area contributed by atoms with E-state index in [2.05, 4.69) is 16.6 Å². The van der Waals surface area contributed by atoms with Crippen LogP contribution in [0, 0.1) is 12.3 Å². The van der Waals surface area contributed by atoms with E-state index >= 15 is 0 Å². The number of carbonyl (C=O) groups excluding carboxylic acids is 1. The molecule has 0 bridgehead atoms. The predicted molar refractivity (Wildman–Crippen MR) is 79.5 cm³/mol. The summed E-state index contributed by atoms with van der Waals surface area (Å²) in [5.74, 6) is 3.15. The maximum Gasteiger partial charge on any atom is 0.242 e. The minimum Gasteiger partial charge on any atom is -0.495 e. The van der Waals surface area contributed by atoms with Gasteiger partial charge in [0.1, 0.15) is 17.5 Å². The summed E-state index contributed by atoms with van der Waals surface area (Å²) in [6.07, 6.45) is 5.09. The Morgan fingerprint density at radius 3 is 2.60 bits per heavy atom. The van der Waals surface area contributed by atoms with Crippen molar-refractivity contribution in [2.75, 3.05) is 26.1 Å². The molecule has 1 aromatic rings. The van der Waals surface area contributed by atoms with Crippen LogP contribution in [0.2, 0.25) is 5.02 Å². The third-order valence-corrected chi connectivity index (χ3v) is 2.90. The first kappa shape index (κ1) is 16.0. The summed E-state index contributed by atoms with van der Waals surface area (Å²) < 4.78 is 10.4. The molecule has 0 fully saturated rings. The second-order valence-corrected chi connectivity index (χ2v) is 4.38. The number of hydrogen-bond acceptors (Lipinski definition) is 4. The second kappa shape index (κ2) is 7.51. The summed E-state index contributed by atoms with van der Waals surface area (Å²) in [4.78, 5) is 11.8. The summed E-state index contributed by atoms with van der Waals surface area (Å²) in [5.41, 5.74) is 0.608. The van der Waals surface area contributed by atoms with Crippen LogP contribution < -0.4 is 20.1 Å². The zero-order valence-electron chi connectivity index (χ0n) is 11.6. The van der Waals surface area contributed by atoms with Crippen molar-refractivity contribution in [3.63, 3.8) is 0 Å². The second-order valence-electron chi connectivity index (χ2n) is 3.97. The molecule has 20 heavy (non-hydrogen) atoms. The summed E-state index contributed by atoms with van der Waals surface area (Å²) in [6.45, 7) is 1.90. The van der Waals surface area contributed by atoms with Gasteiger partial charge in [-0.15, -0.1) is 6.42 Å². The van der Waals surface area contributed by atoms with Gasteiger partial charge in [-0.2, -0.15) is 0 Å². The molecule has 0 aliphatic heterocycles. The fourth-order valence-corrected chi connectivity index (χ4v) is 1.79. The monoisotopic (exact) mass is 296 g/mol. The minimum absolute atomic E-state index is 0.186. The Morgan fingerprint density at radius 1 is 1.40 bits per heavy atom. The Kier molecular flexibility index (Phi) is 6.01. The van der Waals surface area contributed by atoms with Crippen molar-refractivity contribution in [2.24, 2.45) is 0 Å². The smallest absolute Gasteiger partial charge is 0.242 e. The van der Waals surface area contributed by atoms with E-state index in [0.717, 1.165) is 0 Å². The lowest BCUT2D eigenvalue weighted by Crippen LogP contribution is -2.37. The molecule has 0 aromatic heterocycles. The van der Waals surface area contributed by atoms with Gasteiger partial charge in [-0.25, -0.2) is 0 Å². The van der Waals surface area contributed by atoms with E-state index in [0.29, 0.717) is 22.2 Å². The van der Waals surface area contributed by atoms with E-state index in [1.54, 1.807) is 19.1 Å². The van der Waals surface area contributed by atoms with Crippen LogP contribution in [0.1, 0.15) is 6.92 Å². The standard InChI is InChI=1S/C14H17ClN2O3/c1-5-6-16-14(18)9(2)17-11-8-12(19-3)10(15)7-13(11)20-4/h1,7-9,17H,6H2,2-4H3,(H,16,18). The van der Waals surface area contributed by atoms with Crippen molar-refractivity contribution in [3.8, 4) is 23.8 Å². The maximum atomic E-state index is 11.8. The number of amides is 1. The van der Waals surface area contributed by atoms with E-state index < -0.39 is 6.04 Å². The lowest BCUT2D eigenvalue weighted by atomic mass is 10.2. The van der Waals surface area contributed by atoms with Crippen LogP contribution in [0.5, 0.6) is 11.5 Å². The Hall–Kier alpha value is -2.06. The number of nitrogens with one attached hydrogen (secondary N) is 2. The van der Waals surface area contributed by atoms with E-state index in [1.807, 2.05) is 0 Å². The van der Waals surface area contributed by atoms with Gasteiger partial charge in [0.2, 0.25) is 5.91 Å². The summed E-state index contributed by atoms with van der Waals surface area (Å²) in [7, 11) is 3.03. The first-order valence-electron chi connectivity index (χ1n) is 5.92.